The first-order chi connectivity index (χ1) is 12.1. The minimum absolute atomic E-state index is 0.138. The molecule has 1 saturated heterocycles. The lowest BCUT2D eigenvalue weighted by molar-refractivity contribution is -0.227. The minimum Gasteiger partial charge on any atom is -0.381 e. The van der Waals surface area contributed by atoms with Crippen LogP contribution >= 0.6 is 0 Å². The van der Waals surface area contributed by atoms with Crippen LogP contribution in [0.3, 0.4) is 0 Å². The number of fused-ring (bicyclic) bond motifs is 6. The fraction of sp³-hybridized carbons (Fsp3) is 0.895. The molecular weight excluding hydrogens is 324 g/mol. The molecule has 2 bridgehead atoms. The first-order valence-electron chi connectivity index (χ1n) is 9.27. The van der Waals surface area contributed by atoms with Crippen LogP contribution in [0.15, 0.2) is 11.6 Å². The number of methoxy groups -OCH3 is 4. The van der Waals surface area contributed by atoms with E-state index < -0.39 is 11.9 Å². The first kappa shape index (κ1) is 17.9. The molecule has 1 N–H and O–H groups in total. The molecule has 8 atom stereocenters. The van der Waals surface area contributed by atoms with Gasteiger partial charge in [-0.15, -0.1) is 0 Å². The van der Waals surface area contributed by atoms with Gasteiger partial charge >= 0.3 is 0 Å². The van der Waals surface area contributed by atoms with Gasteiger partial charge < -0.3 is 28.8 Å². The molecule has 1 heterocycles. The summed E-state index contributed by atoms with van der Waals surface area (Å²) in [5.41, 5.74) is 0.614. The van der Waals surface area contributed by atoms with Crippen LogP contribution in [-0.4, -0.2) is 69.3 Å². The average molecular weight is 354 g/mol. The predicted octanol–water partition coefficient (Wildman–Crippen LogP) is 1.65. The number of hydrogen-bond donors (Lipinski definition) is 1. The summed E-state index contributed by atoms with van der Waals surface area (Å²) in [6.45, 7) is 0. The molecule has 0 aromatic rings. The molecule has 2 saturated carbocycles. The summed E-state index contributed by atoms with van der Waals surface area (Å²) in [4.78, 5) is 0. The van der Waals surface area contributed by atoms with Crippen molar-refractivity contribution in [1.82, 2.24) is 0 Å². The zero-order chi connectivity index (χ0) is 17.8. The van der Waals surface area contributed by atoms with Gasteiger partial charge in [0.15, 0.2) is 6.29 Å². The molecule has 6 nitrogen and oxygen atoms in total. The fourth-order valence-electron chi connectivity index (χ4n) is 6.10. The Kier molecular flexibility index (Phi) is 4.50. The third kappa shape index (κ3) is 2.25. The molecule has 0 amide bonds. The van der Waals surface area contributed by atoms with Gasteiger partial charge in [0.25, 0.3) is 0 Å². The third-order valence-corrected chi connectivity index (χ3v) is 7.34. The summed E-state index contributed by atoms with van der Waals surface area (Å²) in [7, 11) is 6.95. The van der Waals surface area contributed by atoms with Gasteiger partial charge in [0.1, 0.15) is 11.7 Å². The Morgan fingerprint density at radius 3 is 2.52 bits per heavy atom. The van der Waals surface area contributed by atoms with Gasteiger partial charge in [-0.2, -0.15) is 0 Å². The molecular formula is C19H30O6. The molecule has 142 valence electrons. The number of aliphatic hydroxyl groups excluding tert-OH is 1. The summed E-state index contributed by atoms with van der Waals surface area (Å²) < 4.78 is 29.9. The van der Waals surface area contributed by atoms with E-state index in [1.807, 2.05) is 7.11 Å². The van der Waals surface area contributed by atoms with Crippen LogP contribution in [0.1, 0.15) is 32.1 Å². The van der Waals surface area contributed by atoms with Crippen LogP contribution < -0.4 is 0 Å². The number of hydrogen-bond acceptors (Lipinski definition) is 6. The monoisotopic (exact) mass is 354 g/mol. The van der Waals surface area contributed by atoms with E-state index in [1.165, 1.54) is 5.57 Å². The predicted molar refractivity (Wildman–Crippen MR) is 90.1 cm³/mol. The summed E-state index contributed by atoms with van der Waals surface area (Å²) >= 11 is 0. The summed E-state index contributed by atoms with van der Waals surface area (Å²) in [5.74, 6) is -0.0737. The van der Waals surface area contributed by atoms with Crippen LogP contribution in [0.2, 0.25) is 0 Å². The maximum atomic E-state index is 10.5. The molecule has 6 heteroatoms. The highest BCUT2D eigenvalue weighted by atomic mass is 16.7. The average Bonchev–Trinajstić information content (AvgIpc) is 3.17. The highest BCUT2D eigenvalue weighted by Gasteiger charge is 2.67. The second-order valence-corrected chi connectivity index (χ2v) is 7.84. The topological polar surface area (TPSA) is 66.4 Å². The Bertz CT molecular complexity index is 550. The van der Waals surface area contributed by atoms with E-state index in [4.69, 9.17) is 23.7 Å². The molecule has 3 fully saturated rings. The highest BCUT2D eigenvalue weighted by molar-refractivity contribution is 5.34. The molecule has 0 spiro atoms. The Hall–Kier alpha value is -0.500. The molecule has 8 unspecified atom stereocenters. The lowest BCUT2D eigenvalue weighted by Crippen LogP contribution is -2.60. The first-order valence-corrected chi connectivity index (χ1v) is 9.27. The Balaban J connectivity index is 1.82. The maximum absolute atomic E-state index is 10.5. The molecule has 0 aromatic carbocycles. The maximum Gasteiger partial charge on any atom is 0.163 e. The van der Waals surface area contributed by atoms with Crippen molar-refractivity contribution in [2.45, 2.75) is 67.9 Å². The SMILES string of the molecule is COC1CC2C3=CCCC3(OC)CCC2(OC)C2OC(O)C1C2OC. The Labute approximate surface area is 149 Å². The van der Waals surface area contributed by atoms with Gasteiger partial charge in [-0.3, -0.25) is 0 Å². The number of ether oxygens (including phenoxy) is 5. The van der Waals surface area contributed by atoms with Crippen molar-refractivity contribution in [2.24, 2.45) is 11.8 Å². The van der Waals surface area contributed by atoms with Gasteiger partial charge in [0.2, 0.25) is 0 Å². The summed E-state index contributed by atoms with van der Waals surface area (Å²) in [5, 5.41) is 10.5. The molecule has 3 aliphatic carbocycles. The van der Waals surface area contributed by atoms with Crippen molar-refractivity contribution in [1.29, 1.82) is 0 Å². The normalized spacial score (nSPS) is 51.6. The van der Waals surface area contributed by atoms with E-state index in [0.29, 0.717) is 0 Å². The lowest BCUT2D eigenvalue weighted by atomic mass is 9.63. The Morgan fingerprint density at radius 1 is 1.08 bits per heavy atom. The molecule has 1 aliphatic heterocycles. The van der Waals surface area contributed by atoms with Crippen molar-refractivity contribution < 1.29 is 28.8 Å². The van der Waals surface area contributed by atoms with E-state index in [-0.39, 0.29) is 35.7 Å². The molecule has 4 rings (SSSR count). The quantitative estimate of drug-likeness (QED) is 0.775. The van der Waals surface area contributed by atoms with Crippen molar-refractivity contribution in [3.8, 4) is 0 Å². The van der Waals surface area contributed by atoms with Gasteiger partial charge in [-0.25, -0.2) is 0 Å². The summed E-state index contributed by atoms with van der Waals surface area (Å²) in [6, 6.07) is 0. The van der Waals surface area contributed by atoms with Gasteiger partial charge in [0, 0.05) is 34.4 Å². The highest BCUT2D eigenvalue weighted by Crippen LogP contribution is 2.59. The van der Waals surface area contributed by atoms with Crippen LogP contribution in [0, 0.1) is 11.8 Å². The minimum atomic E-state index is -0.889. The zero-order valence-electron chi connectivity index (χ0n) is 15.6. The van der Waals surface area contributed by atoms with Crippen molar-refractivity contribution in [2.75, 3.05) is 28.4 Å². The lowest BCUT2D eigenvalue weighted by Gasteiger charge is -2.53. The molecule has 0 radical (unpaired) electrons. The molecule has 25 heavy (non-hydrogen) atoms. The Morgan fingerprint density at radius 2 is 1.88 bits per heavy atom. The fourth-order valence-corrected chi connectivity index (χ4v) is 6.10. The number of allylic oxidation sites excluding steroid dienone is 1. The van der Waals surface area contributed by atoms with Crippen LogP contribution in [0.5, 0.6) is 0 Å². The van der Waals surface area contributed by atoms with Crippen LogP contribution in [0.4, 0.5) is 0 Å². The third-order valence-electron chi connectivity index (χ3n) is 7.34. The van der Waals surface area contributed by atoms with Gasteiger partial charge in [-0.1, -0.05) is 6.08 Å². The van der Waals surface area contributed by atoms with Crippen LogP contribution in [-0.2, 0) is 23.7 Å². The van der Waals surface area contributed by atoms with E-state index >= 15 is 0 Å². The number of rotatable bonds is 4. The van der Waals surface area contributed by atoms with E-state index in [0.717, 1.165) is 32.1 Å². The summed E-state index contributed by atoms with van der Waals surface area (Å²) in [6.07, 6.45) is 5.27. The molecule has 4 aliphatic rings. The van der Waals surface area contributed by atoms with E-state index in [2.05, 4.69) is 6.08 Å². The standard InChI is InChI=1S/C19H30O6/c1-21-13-10-12-11-6-5-7-18(11,23-3)8-9-19(12,24-4)16-15(22-2)14(13)17(20)25-16/h6,12-17,20H,5,7-10H2,1-4H3. The zero-order valence-corrected chi connectivity index (χ0v) is 15.6. The van der Waals surface area contributed by atoms with E-state index in [9.17, 15) is 5.11 Å². The van der Waals surface area contributed by atoms with Crippen LogP contribution in [0.25, 0.3) is 0 Å². The van der Waals surface area contributed by atoms with E-state index in [1.54, 1.807) is 21.3 Å². The smallest absolute Gasteiger partial charge is 0.163 e. The van der Waals surface area contributed by atoms with Crippen molar-refractivity contribution >= 4 is 0 Å². The second kappa shape index (κ2) is 6.29. The van der Waals surface area contributed by atoms with Gasteiger partial charge in [0.05, 0.1) is 23.7 Å². The van der Waals surface area contributed by atoms with Crippen molar-refractivity contribution in [3.63, 3.8) is 0 Å². The second-order valence-electron chi connectivity index (χ2n) is 7.84. The molecule has 0 aromatic heterocycles. The van der Waals surface area contributed by atoms with Gasteiger partial charge in [-0.05, 0) is 37.7 Å². The largest absolute Gasteiger partial charge is 0.381 e. The van der Waals surface area contributed by atoms with Crippen molar-refractivity contribution in [3.05, 3.63) is 11.6 Å². The number of aliphatic hydroxyl groups is 1.